The van der Waals surface area contributed by atoms with Crippen molar-refractivity contribution in [2.24, 2.45) is 0 Å². The molecule has 0 amide bonds. The minimum Gasteiger partial charge on any atom is -0.494 e. The first-order valence-electron chi connectivity index (χ1n) is 8.18. The third-order valence-corrected chi connectivity index (χ3v) is 5.88. The van der Waals surface area contributed by atoms with Gasteiger partial charge in [-0.25, -0.2) is 9.37 Å². The Morgan fingerprint density at radius 1 is 1.19 bits per heavy atom. The van der Waals surface area contributed by atoms with Gasteiger partial charge in [0.15, 0.2) is 16.7 Å². The summed E-state index contributed by atoms with van der Waals surface area (Å²) in [6.07, 6.45) is 0. The number of aromatic nitrogens is 2. The van der Waals surface area contributed by atoms with Crippen molar-refractivity contribution in [3.8, 4) is 11.4 Å². The molecule has 4 nitrogen and oxygen atoms in total. The molecule has 136 valence electrons. The molecule has 2 heterocycles. The van der Waals surface area contributed by atoms with Crippen LogP contribution in [0.3, 0.4) is 0 Å². The second kappa shape index (κ2) is 7.54. The van der Waals surface area contributed by atoms with Crippen molar-refractivity contribution in [2.75, 3.05) is 7.11 Å². The van der Waals surface area contributed by atoms with Crippen LogP contribution in [-0.4, -0.2) is 16.7 Å². The van der Waals surface area contributed by atoms with E-state index in [1.54, 1.807) is 16.7 Å². The molecule has 0 aliphatic carbocycles. The van der Waals surface area contributed by atoms with Gasteiger partial charge in [-0.1, -0.05) is 36.0 Å². The normalized spacial score (nSPS) is 11.0. The third kappa shape index (κ3) is 3.48. The van der Waals surface area contributed by atoms with E-state index >= 15 is 0 Å². The standard InChI is InChI=1S/C20H15FN2O2S2/c1-25-17-8-7-13(11-16(17)21)12-27-20-22-18-15(9-10-26-18)19(24)23(20)14-5-3-2-4-6-14/h2-11H,12H2,1H3. The van der Waals surface area contributed by atoms with Crippen LogP contribution in [0.25, 0.3) is 15.9 Å². The molecule has 0 fully saturated rings. The molecular formula is C20H15FN2O2S2. The first-order valence-corrected chi connectivity index (χ1v) is 10.0. The summed E-state index contributed by atoms with van der Waals surface area (Å²) in [7, 11) is 1.44. The van der Waals surface area contributed by atoms with E-state index in [-0.39, 0.29) is 11.3 Å². The fraction of sp³-hybridized carbons (Fsp3) is 0.100. The summed E-state index contributed by atoms with van der Waals surface area (Å²) in [6.45, 7) is 0. The molecule has 7 heteroatoms. The highest BCUT2D eigenvalue weighted by molar-refractivity contribution is 7.98. The zero-order chi connectivity index (χ0) is 18.8. The van der Waals surface area contributed by atoms with Gasteiger partial charge in [0.1, 0.15) is 4.83 Å². The average molecular weight is 398 g/mol. The van der Waals surface area contributed by atoms with Crippen LogP contribution in [0.15, 0.2) is 69.9 Å². The Morgan fingerprint density at radius 2 is 2.00 bits per heavy atom. The van der Waals surface area contributed by atoms with Gasteiger partial charge in [-0.2, -0.15) is 0 Å². The lowest BCUT2D eigenvalue weighted by Gasteiger charge is -2.12. The maximum absolute atomic E-state index is 13.9. The van der Waals surface area contributed by atoms with Crippen LogP contribution in [0.4, 0.5) is 4.39 Å². The molecule has 0 bridgehead atoms. The fourth-order valence-electron chi connectivity index (χ4n) is 2.74. The number of methoxy groups -OCH3 is 1. The van der Waals surface area contributed by atoms with Crippen molar-refractivity contribution in [3.05, 3.63) is 81.7 Å². The lowest BCUT2D eigenvalue weighted by molar-refractivity contribution is 0.386. The van der Waals surface area contributed by atoms with Gasteiger partial charge in [-0.05, 0) is 41.3 Å². The molecule has 0 N–H and O–H groups in total. The quantitative estimate of drug-likeness (QED) is 0.355. The second-order valence-corrected chi connectivity index (χ2v) is 7.60. The zero-order valence-corrected chi connectivity index (χ0v) is 16.0. The lowest BCUT2D eigenvalue weighted by atomic mass is 10.2. The molecule has 0 radical (unpaired) electrons. The number of para-hydroxylation sites is 1. The number of nitrogens with zero attached hydrogens (tertiary/aromatic N) is 2. The third-order valence-electron chi connectivity index (χ3n) is 4.07. The largest absolute Gasteiger partial charge is 0.494 e. The van der Waals surface area contributed by atoms with Crippen molar-refractivity contribution in [1.82, 2.24) is 9.55 Å². The van der Waals surface area contributed by atoms with Crippen LogP contribution in [0.5, 0.6) is 5.75 Å². The topological polar surface area (TPSA) is 44.1 Å². The first kappa shape index (κ1) is 17.8. The summed E-state index contributed by atoms with van der Waals surface area (Å²) in [5.74, 6) is 0.289. The van der Waals surface area contributed by atoms with Crippen LogP contribution in [0.1, 0.15) is 5.56 Å². The van der Waals surface area contributed by atoms with E-state index < -0.39 is 5.82 Å². The number of benzene rings is 2. The van der Waals surface area contributed by atoms with Crippen LogP contribution in [0.2, 0.25) is 0 Å². The summed E-state index contributed by atoms with van der Waals surface area (Å²) < 4.78 is 20.5. The highest BCUT2D eigenvalue weighted by atomic mass is 32.2. The summed E-state index contributed by atoms with van der Waals surface area (Å²) in [5.41, 5.74) is 1.45. The molecule has 0 atom stereocenters. The van der Waals surface area contributed by atoms with Gasteiger partial charge in [0.25, 0.3) is 5.56 Å². The zero-order valence-electron chi connectivity index (χ0n) is 14.4. The molecule has 2 aromatic carbocycles. The average Bonchev–Trinajstić information content (AvgIpc) is 3.16. The van der Waals surface area contributed by atoms with Gasteiger partial charge in [-0.15, -0.1) is 11.3 Å². The van der Waals surface area contributed by atoms with Crippen LogP contribution >= 0.6 is 23.1 Å². The van der Waals surface area contributed by atoms with E-state index in [0.717, 1.165) is 11.3 Å². The Morgan fingerprint density at radius 3 is 2.74 bits per heavy atom. The van der Waals surface area contributed by atoms with Crippen LogP contribution in [-0.2, 0) is 5.75 Å². The highest BCUT2D eigenvalue weighted by Gasteiger charge is 2.14. The van der Waals surface area contributed by atoms with E-state index in [1.807, 2.05) is 41.8 Å². The molecule has 0 aliphatic rings. The Hall–Kier alpha value is -2.64. The van der Waals surface area contributed by atoms with Gasteiger partial charge < -0.3 is 4.74 Å². The van der Waals surface area contributed by atoms with E-state index in [0.29, 0.717) is 21.1 Å². The van der Waals surface area contributed by atoms with Crippen molar-refractivity contribution in [2.45, 2.75) is 10.9 Å². The number of ether oxygens (including phenoxy) is 1. The summed E-state index contributed by atoms with van der Waals surface area (Å²) in [5, 5.41) is 3.04. The molecule has 2 aromatic heterocycles. The molecule has 4 rings (SSSR count). The van der Waals surface area contributed by atoms with E-state index in [4.69, 9.17) is 4.74 Å². The van der Waals surface area contributed by atoms with Crippen molar-refractivity contribution in [3.63, 3.8) is 0 Å². The Balaban J connectivity index is 1.74. The summed E-state index contributed by atoms with van der Waals surface area (Å²) in [4.78, 5) is 18.4. The van der Waals surface area contributed by atoms with Gasteiger partial charge in [-0.3, -0.25) is 9.36 Å². The SMILES string of the molecule is COc1ccc(CSc2nc3sccc3c(=O)n2-c2ccccc2)cc1F. The fourth-order valence-corrected chi connectivity index (χ4v) is 4.50. The Kier molecular flexibility index (Phi) is 4.96. The number of fused-ring (bicyclic) bond motifs is 1. The maximum Gasteiger partial charge on any atom is 0.267 e. The van der Waals surface area contributed by atoms with Crippen molar-refractivity contribution < 1.29 is 9.13 Å². The van der Waals surface area contributed by atoms with Crippen LogP contribution < -0.4 is 10.3 Å². The van der Waals surface area contributed by atoms with Crippen LogP contribution in [0, 0.1) is 5.82 Å². The Bertz CT molecular complexity index is 1160. The van der Waals surface area contributed by atoms with Crippen molar-refractivity contribution >= 4 is 33.3 Å². The van der Waals surface area contributed by atoms with Gasteiger partial charge >= 0.3 is 0 Å². The minimum atomic E-state index is -0.405. The molecular weight excluding hydrogens is 383 g/mol. The number of rotatable bonds is 5. The molecule has 27 heavy (non-hydrogen) atoms. The highest BCUT2D eigenvalue weighted by Crippen LogP contribution is 2.27. The minimum absolute atomic E-state index is 0.101. The maximum atomic E-state index is 13.9. The van der Waals surface area contributed by atoms with Crippen molar-refractivity contribution in [1.29, 1.82) is 0 Å². The van der Waals surface area contributed by atoms with E-state index in [1.165, 1.54) is 36.3 Å². The van der Waals surface area contributed by atoms with Gasteiger partial charge in [0.2, 0.25) is 0 Å². The lowest BCUT2D eigenvalue weighted by Crippen LogP contribution is -2.21. The number of thiophene rings is 1. The molecule has 0 saturated carbocycles. The number of hydrogen-bond acceptors (Lipinski definition) is 5. The predicted octanol–water partition coefficient (Wildman–Crippen LogP) is 4.89. The second-order valence-electron chi connectivity index (χ2n) is 5.77. The Labute approximate surface area is 163 Å². The van der Waals surface area contributed by atoms with Gasteiger partial charge in [0.05, 0.1) is 18.2 Å². The predicted molar refractivity (Wildman–Crippen MR) is 108 cm³/mol. The number of hydrogen-bond donors (Lipinski definition) is 0. The first-order chi connectivity index (χ1) is 13.2. The number of halogens is 1. The molecule has 0 spiro atoms. The monoisotopic (exact) mass is 398 g/mol. The van der Waals surface area contributed by atoms with E-state index in [9.17, 15) is 9.18 Å². The molecule has 0 unspecified atom stereocenters. The molecule has 0 saturated heterocycles. The summed E-state index contributed by atoms with van der Waals surface area (Å²) >= 11 is 2.83. The smallest absolute Gasteiger partial charge is 0.267 e. The van der Waals surface area contributed by atoms with E-state index in [2.05, 4.69) is 4.98 Å². The molecule has 4 aromatic rings. The summed E-state index contributed by atoms with van der Waals surface area (Å²) in [6, 6.07) is 16.1. The number of thioether (sulfide) groups is 1. The van der Waals surface area contributed by atoms with Gasteiger partial charge in [0, 0.05) is 5.75 Å². The molecule has 0 aliphatic heterocycles.